The Morgan fingerprint density at radius 1 is 1.05 bits per heavy atom. The van der Waals surface area contributed by atoms with Crippen molar-refractivity contribution in [3.63, 3.8) is 0 Å². The number of para-hydroxylation sites is 2. The Labute approximate surface area is 227 Å². The number of carbonyl (C=O) groups is 3. The average Bonchev–Trinajstić information content (AvgIpc) is 3.45. The van der Waals surface area contributed by atoms with E-state index in [9.17, 15) is 14.4 Å². The molecule has 8 nitrogen and oxygen atoms in total. The smallest absolute Gasteiger partial charge is 0.294 e. The van der Waals surface area contributed by atoms with Crippen molar-refractivity contribution >= 4 is 69.6 Å². The van der Waals surface area contributed by atoms with E-state index in [-0.39, 0.29) is 11.4 Å². The van der Waals surface area contributed by atoms with Crippen molar-refractivity contribution in [1.29, 1.82) is 0 Å². The van der Waals surface area contributed by atoms with E-state index < -0.39 is 17.1 Å². The van der Waals surface area contributed by atoms with Crippen LogP contribution in [0.25, 0.3) is 6.08 Å². The summed E-state index contributed by atoms with van der Waals surface area (Å²) in [6.07, 6.45) is 1.52. The number of halogens is 1. The number of morpholine rings is 1. The van der Waals surface area contributed by atoms with Crippen LogP contribution in [-0.4, -0.2) is 54.8 Å². The van der Waals surface area contributed by atoms with E-state index in [1.807, 2.05) is 30.3 Å². The molecule has 2 aliphatic rings. The molecule has 2 saturated heterocycles. The van der Waals surface area contributed by atoms with Gasteiger partial charge in [-0.3, -0.25) is 19.3 Å². The molecule has 2 aromatic carbocycles. The number of rotatable bonds is 7. The number of amides is 3. The maximum atomic E-state index is 12.9. The first kappa shape index (κ1) is 25.5. The molecule has 3 aromatic rings. The van der Waals surface area contributed by atoms with Crippen molar-refractivity contribution in [2.45, 2.75) is 9.99 Å². The third-order valence-corrected chi connectivity index (χ3v) is 7.70. The van der Waals surface area contributed by atoms with Gasteiger partial charge in [-0.05, 0) is 60.3 Å². The van der Waals surface area contributed by atoms with Crippen molar-refractivity contribution in [3.8, 4) is 0 Å². The second kappa shape index (κ2) is 11.5. The van der Waals surface area contributed by atoms with Gasteiger partial charge in [-0.1, -0.05) is 35.5 Å². The summed E-state index contributed by atoms with van der Waals surface area (Å²) in [7, 11) is 0. The van der Waals surface area contributed by atoms with Crippen molar-refractivity contribution in [1.82, 2.24) is 4.90 Å². The van der Waals surface area contributed by atoms with Gasteiger partial charge >= 0.3 is 0 Å². The summed E-state index contributed by atoms with van der Waals surface area (Å²) < 4.78 is 11.2. The van der Waals surface area contributed by atoms with Crippen molar-refractivity contribution < 1.29 is 23.5 Å². The lowest BCUT2D eigenvalue weighted by atomic mass is 10.2. The van der Waals surface area contributed by atoms with Crippen LogP contribution in [0.4, 0.5) is 16.2 Å². The molecule has 2 fully saturated rings. The topological polar surface area (TPSA) is 92.1 Å². The lowest BCUT2D eigenvalue weighted by Crippen LogP contribution is -2.38. The van der Waals surface area contributed by atoms with Crippen molar-refractivity contribution in [3.05, 3.63) is 76.4 Å². The molecule has 1 aromatic heterocycles. The molecule has 0 bridgehead atoms. The highest BCUT2D eigenvalue weighted by molar-refractivity contribution is 8.18. The van der Waals surface area contributed by atoms with Crippen LogP contribution >= 0.6 is 35.1 Å². The molecule has 3 heterocycles. The predicted octanol–water partition coefficient (Wildman–Crippen LogP) is 5.60. The normalized spacial score (nSPS) is 17.1. The quantitative estimate of drug-likeness (QED) is 0.377. The number of furan rings is 1. The van der Waals surface area contributed by atoms with E-state index in [0.29, 0.717) is 47.9 Å². The largest absolute Gasteiger partial charge is 0.450 e. The molecular formula is C26H22ClN3O5S2. The molecular weight excluding hydrogens is 534 g/mol. The zero-order chi connectivity index (χ0) is 25.8. The number of anilines is 2. The Kier molecular flexibility index (Phi) is 7.90. The number of hydrogen-bond donors (Lipinski definition) is 1. The van der Waals surface area contributed by atoms with Crippen LogP contribution in [-0.2, 0) is 14.3 Å². The number of benzene rings is 2. The molecule has 0 atom stereocenters. The zero-order valence-corrected chi connectivity index (χ0v) is 21.9. The minimum absolute atomic E-state index is 0.198. The van der Waals surface area contributed by atoms with Crippen LogP contribution in [0.2, 0.25) is 5.02 Å². The molecule has 37 heavy (non-hydrogen) atoms. The standard InChI is InChI=1S/C26H22ClN3O5S2/c27-17-5-8-19(9-6-17)36-24-10-7-18(35-24)15-22-25(32)30(26(33)37-22)16-23(31)28-20-3-1-2-4-21(20)29-11-13-34-14-12-29/h1-10,15H,11-14,16H2,(H,28,31)/b22-15-. The van der Waals surface area contributed by atoms with Gasteiger partial charge < -0.3 is 19.4 Å². The summed E-state index contributed by atoms with van der Waals surface area (Å²) in [5.74, 6) is -0.551. The highest BCUT2D eigenvalue weighted by Crippen LogP contribution is 2.35. The van der Waals surface area contributed by atoms with Crippen LogP contribution < -0.4 is 10.2 Å². The van der Waals surface area contributed by atoms with Gasteiger partial charge in [0, 0.05) is 29.1 Å². The van der Waals surface area contributed by atoms with E-state index in [2.05, 4.69) is 10.2 Å². The van der Waals surface area contributed by atoms with Gasteiger partial charge in [-0.25, -0.2) is 0 Å². The Hall–Kier alpha value is -3.18. The summed E-state index contributed by atoms with van der Waals surface area (Å²) >= 11 is 8.12. The van der Waals surface area contributed by atoms with Gasteiger partial charge in [0.15, 0.2) is 5.09 Å². The first-order valence-corrected chi connectivity index (χ1v) is 13.5. The molecule has 190 valence electrons. The van der Waals surface area contributed by atoms with Crippen LogP contribution in [0.15, 0.2) is 80.0 Å². The Morgan fingerprint density at radius 3 is 2.59 bits per heavy atom. The summed E-state index contributed by atoms with van der Waals surface area (Å²) in [5, 5.41) is 3.62. The lowest BCUT2D eigenvalue weighted by Gasteiger charge is -2.30. The number of imide groups is 1. The van der Waals surface area contributed by atoms with E-state index >= 15 is 0 Å². The van der Waals surface area contributed by atoms with Crippen LogP contribution in [0.1, 0.15) is 5.76 Å². The second-order valence-electron chi connectivity index (χ2n) is 8.15. The number of carbonyl (C=O) groups excluding carboxylic acids is 3. The van der Waals surface area contributed by atoms with Gasteiger partial charge in [0.25, 0.3) is 11.1 Å². The molecule has 5 rings (SSSR count). The summed E-state index contributed by atoms with van der Waals surface area (Å²) in [5.41, 5.74) is 1.50. The molecule has 2 aliphatic heterocycles. The van der Waals surface area contributed by atoms with Gasteiger partial charge in [0.05, 0.1) is 29.5 Å². The van der Waals surface area contributed by atoms with Crippen molar-refractivity contribution in [2.24, 2.45) is 0 Å². The highest BCUT2D eigenvalue weighted by Gasteiger charge is 2.36. The highest BCUT2D eigenvalue weighted by atomic mass is 35.5. The fourth-order valence-electron chi connectivity index (χ4n) is 3.84. The molecule has 0 unspecified atom stereocenters. The third-order valence-electron chi connectivity index (χ3n) is 5.61. The van der Waals surface area contributed by atoms with Gasteiger partial charge in [0.1, 0.15) is 12.3 Å². The monoisotopic (exact) mass is 555 g/mol. The fraction of sp³-hybridized carbons (Fsp3) is 0.192. The maximum Gasteiger partial charge on any atom is 0.294 e. The van der Waals surface area contributed by atoms with Gasteiger partial charge in [-0.15, -0.1) is 0 Å². The SMILES string of the molecule is O=C(CN1C(=O)S/C(=C\c2ccc(Sc3ccc(Cl)cc3)o2)C1=O)Nc1ccccc1N1CCOCC1. The van der Waals surface area contributed by atoms with E-state index in [0.717, 1.165) is 27.2 Å². The van der Waals surface area contributed by atoms with Gasteiger partial charge in [-0.2, -0.15) is 0 Å². The van der Waals surface area contributed by atoms with Gasteiger partial charge in [0.2, 0.25) is 5.91 Å². The molecule has 11 heteroatoms. The number of ether oxygens (including phenoxy) is 1. The second-order valence-corrected chi connectivity index (χ2v) is 10.7. The number of hydrogen-bond acceptors (Lipinski definition) is 8. The molecule has 0 aliphatic carbocycles. The molecule has 0 radical (unpaired) electrons. The van der Waals surface area contributed by atoms with Crippen LogP contribution in [0.3, 0.4) is 0 Å². The van der Waals surface area contributed by atoms with Crippen LogP contribution in [0, 0.1) is 0 Å². The number of thioether (sulfide) groups is 1. The minimum atomic E-state index is -0.532. The lowest BCUT2D eigenvalue weighted by molar-refractivity contribution is -0.127. The molecule has 1 N–H and O–H groups in total. The summed E-state index contributed by atoms with van der Waals surface area (Å²) in [4.78, 5) is 42.5. The molecule has 0 spiro atoms. The maximum absolute atomic E-state index is 12.9. The van der Waals surface area contributed by atoms with E-state index in [1.165, 1.54) is 17.8 Å². The van der Waals surface area contributed by atoms with E-state index in [1.54, 1.807) is 30.3 Å². The minimum Gasteiger partial charge on any atom is -0.450 e. The fourth-order valence-corrected chi connectivity index (χ4v) is 5.57. The number of nitrogens with zero attached hydrogens (tertiary/aromatic N) is 2. The first-order chi connectivity index (χ1) is 18.0. The third kappa shape index (κ3) is 6.22. The molecule has 3 amide bonds. The predicted molar refractivity (Wildman–Crippen MR) is 145 cm³/mol. The van der Waals surface area contributed by atoms with Crippen molar-refractivity contribution in [2.75, 3.05) is 43.1 Å². The Bertz CT molecular complexity index is 1350. The Balaban J connectivity index is 1.22. The summed E-state index contributed by atoms with van der Waals surface area (Å²) in [6, 6.07) is 18.3. The average molecular weight is 556 g/mol. The van der Waals surface area contributed by atoms with Crippen LogP contribution in [0.5, 0.6) is 0 Å². The molecule has 0 saturated carbocycles. The number of nitrogens with one attached hydrogen (secondary N) is 1. The first-order valence-electron chi connectivity index (χ1n) is 11.5. The van der Waals surface area contributed by atoms with E-state index in [4.69, 9.17) is 20.8 Å². The Morgan fingerprint density at radius 2 is 1.81 bits per heavy atom. The summed E-state index contributed by atoms with van der Waals surface area (Å²) in [6.45, 7) is 2.28. The zero-order valence-electron chi connectivity index (χ0n) is 19.5.